The van der Waals surface area contributed by atoms with Crippen molar-refractivity contribution in [2.45, 2.75) is 12.6 Å². The van der Waals surface area contributed by atoms with Crippen molar-refractivity contribution in [2.75, 3.05) is 19.6 Å². The van der Waals surface area contributed by atoms with Crippen molar-refractivity contribution in [2.24, 2.45) is 0 Å². The largest absolute Gasteiger partial charge is 0.439 e. The van der Waals surface area contributed by atoms with Crippen LogP contribution in [0.15, 0.2) is 63.9 Å². The van der Waals surface area contributed by atoms with E-state index < -0.39 is 0 Å². The number of nitrogens with zero attached hydrogens (tertiary/aromatic N) is 3. The summed E-state index contributed by atoms with van der Waals surface area (Å²) in [6, 6.07) is 12.4. The monoisotopic (exact) mass is 398 g/mol. The summed E-state index contributed by atoms with van der Waals surface area (Å²) in [7, 11) is 0. The zero-order valence-corrected chi connectivity index (χ0v) is 15.3. The van der Waals surface area contributed by atoms with Crippen LogP contribution in [0.1, 0.15) is 17.5 Å². The molecule has 2 aromatic heterocycles. The number of halogens is 1. The molecule has 4 rings (SSSR count). The Labute approximate surface area is 155 Å². The van der Waals surface area contributed by atoms with E-state index in [1.165, 1.54) is 5.56 Å². The Morgan fingerprint density at radius 3 is 2.96 bits per heavy atom. The second kappa shape index (κ2) is 7.47. The third-order valence-electron chi connectivity index (χ3n) is 4.45. The van der Waals surface area contributed by atoms with Crippen LogP contribution in [0.25, 0.3) is 11.3 Å². The summed E-state index contributed by atoms with van der Waals surface area (Å²) >= 11 is 3.57. The van der Waals surface area contributed by atoms with Crippen LogP contribution in [0.5, 0.6) is 0 Å². The molecule has 0 aliphatic carbocycles. The first-order valence-corrected chi connectivity index (χ1v) is 9.15. The molecule has 0 radical (unpaired) electrons. The number of hydrogen-bond donors (Lipinski definition) is 1. The first-order chi connectivity index (χ1) is 12.3. The lowest BCUT2D eigenvalue weighted by Crippen LogP contribution is -2.45. The molecule has 128 valence electrons. The maximum atomic E-state index is 6.02. The standard InChI is InChI=1S/C19H19BrN4O/c20-16-6-2-1-5-15(16)18-12-23-19(25-18)13-24-9-8-22-11-17(24)14-4-3-7-21-10-14/h1-7,10,12,17,22H,8-9,11,13H2. The maximum absolute atomic E-state index is 6.02. The Kier molecular flexibility index (Phi) is 4.92. The molecule has 1 aliphatic rings. The molecule has 1 N–H and O–H groups in total. The minimum Gasteiger partial charge on any atom is -0.439 e. The van der Waals surface area contributed by atoms with Gasteiger partial charge in [-0.15, -0.1) is 0 Å². The van der Waals surface area contributed by atoms with Gasteiger partial charge in [0.25, 0.3) is 0 Å². The van der Waals surface area contributed by atoms with E-state index in [4.69, 9.17) is 4.42 Å². The average molecular weight is 399 g/mol. The molecule has 1 unspecified atom stereocenters. The zero-order chi connectivity index (χ0) is 17.1. The van der Waals surface area contributed by atoms with Crippen LogP contribution in [0, 0.1) is 0 Å². The van der Waals surface area contributed by atoms with Crippen molar-refractivity contribution >= 4 is 15.9 Å². The zero-order valence-electron chi connectivity index (χ0n) is 13.7. The fourth-order valence-corrected chi connectivity index (χ4v) is 3.66. The van der Waals surface area contributed by atoms with Gasteiger partial charge in [-0.2, -0.15) is 0 Å². The van der Waals surface area contributed by atoms with E-state index in [1.807, 2.05) is 42.7 Å². The smallest absolute Gasteiger partial charge is 0.209 e. The molecule has 1 atom stereocenters. The van der Waals surface area contributed by atoms with Crippen molar-refractivity contribution in [3.8, 4) is 11.3 Å². The Hall–Kier alpha value is -2.02. The molecular formula is C19H19BrN4O. The number of hydrogen-bond acceptors (Lipinski definition) is 5. The molecule has 0 saturated carbocycles. The first kappa shape index (κ1) is 16.4. The second-order valence-electron chi connectivity index (χ2n) is 6.07. The molecule has 6 heteroatoms. The van der Waals surface area contributed by atoms with E-state index in [0.29, 0.717) is 6.54 Å². The van der Waals surface area contributed by atoms with E-state index >= 15 is 0 Å². The van der Waals surface area contributed by atoms with Crippen LogP contribution in [-0.4, -0.2) is 34.5 Å². The normalized spacial score (nSPS) is 18.4. The van der Waals surface area contributed by atoms with Crippen LogP contribution in [-0.2, 0) is 6.54 Å². The lowest BCUT2D eigenvalue weighted by Gasteiger charge is -2.35. The minimum absolute atomic E-state index is 0.279. The number of pyridine rings is 1. The fraction of sp³-hybridized carbons (Fsp3) is 0.263. The molecular weight excluding hydrogens is 380 g/mol. The molecule has 25 heavy (non-hydrogen) atoms. The van der Waals surface area contributed by atoms with Gasteiger partial charge in [0.2, 0.25) is 5.89 Å². The van der Waals surface area contributed by atoms with E-state index in [9.17, 15) is 0 Å². The summed E-state index contributed by atoms with van der Waals surface area (Å²) in [4.78, 5) is 11.1. The molecule has 5 nitrogen and oxygen atoms in total. The van der Waals surface area contributed by atoms with E-state index in [1.54, 1.807) is 6.20 Å². The summed E-state index contributed by atoms with van der Waals surface area (Å²) < 4.78 is 7.03. The Balaban J connectivity index is 1.54. The highest BCUT2D eigenvalue weighted by Crippen LogP contribution is 2.29. The van der Waals surface area contributed by atoms with Gasteiger partial charge in [0, 0.05) is 48.1 Å². The molecule has 0 amide bonds. The Morgan fingerprint density at radius 1 is 1.20 bits per heavy atom. The summed E-state index contributed by atoms with van der Waals surface area (Å²) in [6.07, 6.45) is 5.55. The average Bonchev–Trinajstić information content (AvgIpc) is 3.11. The molecule has 3 aromatic rings. The van der Waals surface area contributed by atoms with Gasteiger partial charge in [0.05, 0.1) is 12.7 Å². The lowest BCUT2D eigenvalue weighted by atomic mass is 10.1. The molecule has 1 fully saturated rings. The molecule has 3 heterocycles. The Bertz CT molecular complexity index is 836. The van der Waals surface area contributed by atoms with Gasteiger partial charge in [-0.1, -0.05) is 40.2 Å². The number of piperazine rings is 1. The first-order valence-electron chi connectivity index (χ1n) is 8.35. The van der Waals surface area contributed by atoms with Crippen molar-refractivity contribution in [1.29, 1.82) is 0 Å². The van der Waals surface area contributed by atoms with Crippen molar-refractivity contribution in [3.05, 3.63) is 70.9 Å². The Morgan fingerprint density at radius 2 is 2.12 bits per heavy atom. The fourth-order valence-electron chi connectivity index (χ4n) is 3.18. The topological polar surface area (TPSA) is 54.2 Å². The highest BCUT2D eigenvalue weighted by Gasteiger charge is 2.25. The molecule has 0 spiro atoms. The predicted molar refractivity (Wildman–Crippen MR) is 99.9 cm³/mol. The van der Waals surface area contributed by atoms with Crippen LogP contribution in [0.3, 0.4) is 0 Å². The number of nitrogens with one attached hydrogen (secondary N) is 1. The quantitative estimate of drug-likeness (QED) is 0.726. The van der Waals surface area contributed by atoms with Crippen molar-refractivity contribution in [3.63, 3.8) is 0 Å². The summed E-state index contributed by atoms with van der Waals surface area (Å²) in [5.74, 6) is 1.53. The number of benzene rings is 1. The highest BCUT2D eigenvalue weighted by atomic mass is 79.9. The van der Waals surface area contributed by atoms with Crippen LogP contribution in [0.4, 0.5) is 0 Å². The third kappa shape index (κ3) is 3.66. The van der Waals surface area contributed by atoms with Gasteiger partial charge in [-0.05, 0) is 17.7 Å². The van der Waals surface area contributed by atoms with Gasteiger partial charge in [-0.3, -0.25) is 9.88 Å². The van der Waals surface area contributed by atoms with E-state index in [0.717, 1.165) is 41.3 Å². The van der Waals surface area contributed by atoms with Gasteiger partial charge >= 0.3 is 0 Å². The molecule has 0 bridgehead atoms. The van der Waals surface area contributed by atoms with Crippen LogP contribution >= 0.6 is 15.9 Å². The highest BCUT2D eigenvalue weighted by molar-refractivity contribution is 9.10. The van der Waals surface area contributed by atoms with Gasteiger partial charge in [0.1, 0.15) is 0 Å². The number of oxazole rings is 1. The van der Waals surface area contributed by atoms with E-state index in [2.05, 4.69) is 42.2 Å². The van der Waals surface area contributed by atoms with Crippen molar-refractivity contribution in [1.82, 2.24) is 20.2 Å². The van der Waals surface area contributed by atoms with Gasteiger partial charge in [-0.25, -0.2) is 4.98 Å². The molecule has 1 saturated heterocycles. The summed E-state index contributed by atoms with van der Waals surface area (Å²) in [5.41, 5.74) is 2.23. The second-order valence-corrected chi connectivity index (χ2v) is 6.93. The van der Waals surface area contributed by atoms with E-state index in [-0.39, 0.29) is 6.04 Å². The summed E-state index contributed by atoms with van der Waals surface area (Å²) in [5, 5.41) is 3.46. The van der Waals surface area contributed by atoms with Crippen LogP contribution in [0.2, 0.25) is 0 Å². The molecule has 1 aromatic carbocycles. The van der Waals surface area contributed by atoms with Crippen molar-refractivity contribution < 1.29 is 4.42 Å². The van der Waals surface area contributed by atoms with Crippen LogP contribution < -0.4 is 5.32 Å². The third-order valence-corrected chi connectivity index (χ3v) is 5.15. The summed E-state index contributed by atoms with van der Waals surface area (Å²) in [6.45, 7) is 3.51. The lowest BCUT2D eigenvalue weighted by molar-refractivity contribution is 0.140. The maximum Gasteiger partial charge on any atom is 0.209 e. The predicted octanol–water partition coefficient (Wildman–Crippen LogP) is 3.65. The van der Waals surface area contributed by atoms with Gasteiger partial charge < -0.3 is 9.73 Å². The molecule has 1 aliphatic heterocycles. The SMILES string of the molecule is Brc1ccccc1-c1cnc(CN2CCNCC2c2cccnc2)o1. The van der Waals surface area contributed by atoms with Gasteiger partial charge in [0.15, 0.2) is 5.76 Å². The minimum atomic E-state index is 0.279. The number of rotatable bonds is 4. The number of aromatic nitrogens is 2.